The highest BCUT2D eigenvalue weighted by Crippen LogP contribution is 1.96. The molecule has 0 aliphatic heterocycles. The molecule has 0 saturated heterocycles. The van der Waals surface area contributed by atoms with Crippen LogP contribution < -0.4 is 10.6 Å². The van der Waals surface area contributed by atoms with Crippen molar-refractivity contribution in [2.75, 3.05) is 26.2 Å². The molecule has 0 unspecified atom stereocenters. The molecule has 14 nitrogen and oxygen atoms in total. The Labute approximate surface area is 121 Å². The number of nitrogens with zero attached hydrogens (tertiary/aromatic N) is 4. The molecule has 0 aliphatic carbocycles. The van der Waals surface area contributed by atoms with Crippen LogP contribution in [0.5, 0.6) is 0 Å². The maximum atomic E-state index is 11.3. The second kappa shape index (κ2) is 9.56. The molecule has 0 aromatic carbocycles. The van der Waals surface area contributed by atoms with Crippen molar-refractivity contribution in [3.8, 4) is 0 Å². The Morgan fingerprint density at radius 1 is 0.773 bits per heavy atom. The van der Waals surface area contributed by atoms with E-state index in [1.165, 1.54) is 0 Å². The number of nitroso groups, excluding NO2 is 2. The standard InChI is InChI=1S/C8H12N6O8/c15-5(16)3-9-7(19)13(11-21)1-2-14(12-22)8(20)10-4-6(17)18/h1-4H2,(H,9,19)(H,10,20)(H,15,16)(H,17,18). The lowest BCUT2D eigenvalue weighted by atomic mass is 10.5. The molecular weight excluding hydrogens is 308 g/mol. The summed E-state index contributed by atoms with van der Waals surface area (Å²) < 4.78 is 0. The zero-order valence-corrected chi connectivity index (χ0v) is 11.0. The van der Waals surface area contributed by atoms with E-state index in [0.717, 1.165) is 0 Å². The Bertz CT molecular complexity index is 426. The van der Waals surface area contributed by atoms with Crippen molar-refractivity contribution in [3.63, 3.8) is 0 Å². The molecule has 0 fully saturated rings. The van der Waals surface area contributed by atoms with Crippen LogP contribution in [0.2, 0.25) is 0 Å². The highest BCUT2D eigenvalue weighted by molar-refractivity contribution is 5.80. The molecule has 14 heteroatoms. The van der Waals surface area contributed by atoms with Gasteiger partial charge in [0.25, 0.3) is 0 Å². The quantitative estimate of drug-likeness (QED) is 0.291. The summed E-state index contributed by atoms with van der Waals surface area (Å²) in [6, 6.07) is -2.32. The zero-order valence-electron chi connectivity index (χ0n) is 11.0. The number of hydrogen-bond donors (Lipinski definition) is 4. The lowest BCUT2D eigenvalue weighted by Gasteiger charge is -2.17. The van der Waals surface area contributed by atoms with Crippen LogP contribution in [-0.2, 0) is 9.59 Å². The maximum absolute atomic E-state index is 11.3. The molecule has 122 valence electrons. The molecule has 0 spiro atoms. The van der Waals surface area contributed by atoms with Crippen LogP contribution >= 0.6 is 0 Å². The van der Waals surface area contributed by atoms with Crippen LogP contribution in [-0.4, -0.2) is 70.4 Å². The van der Waals surface area contributed by atoms with E-state index in [1.54, 1.807) is 0 Å². The number of rotatable bonds is 9. The van der Waals surface area contributed by atoms with Crippen molar-refractivity contribution in [2.45, 2.75) is 0 Å². The summed E-state index contributed by atoms with van der Waals surface area (Å²) in [4.78, 5) is 64.0. The van der Waals surface area contributed by atoms with E-state index in [0.29, 0.717) is 0 Å². The minimum Gasteiger partial charge on any atom is -0.480 e. The van der Waals surface area contributed by atoms with Crippen molar-refractivity contribution >= 4 is 24.0 Å². The molecule has 22 heavy (non-hydrogen) atoms. The zero-order chi connectivity index (χ0) is 17.1. The molecule has 0 bridgehead atoms. The largest absolute Gasteiger partial charge is 0.480 e. The van der Waals surface area contributed by atoms with Gasteiger partial charge in [0.1, 0.15) is 13.1 Å². The predicted molar refractivity (Wildman–Crippen MR) is 67.1 cm³/mol. The highest BCUT2D eigenvalue weighted by Gasteiger charge is 2.20. The summed E-state index contributed by atoms with van der Waals surface area (Å²) in [7, 11) is 0. The van der Waals surface area contributed by atoms with Crippen LogP contribution in [0.25, 0.3) is 0 Å². The number of hydrogen-bond acceptors (Lipinski definition) is 8. The molecule has 0 rings (SSSR count). The summed E-state index contributed by atoms with van der Waals surface area (Å²) in [6.07, 6.45) is 0. The van der Waals surface area contributed by atoms with Crippen molar-refractivity contribution in [2.24, 2.45) is 10.6 Å². The van der Waals surface area contributed by atoms with E-state index in [-0.39, 0.29) is 10.0 Å². The van der Waals surface area contributed by atoms with E-state index in [1.807, 2.05) is 10.6 Å². The lowest BCUT2D eigenvalue weighted by Crippen LogP contribution is -2.45. The van der Waals surface area contributed by atoms with Gasteiger partial charge in [-0.3, -0.25) is 9.59 Å². The van der Waals surface area contributed by atoms with Gasteiger partial charge in [0.05, 0.1) is 23.7 Å². The van der Waals surface area contributed by atoms with Crippen molar-refractivity contribution in [1.29, 1.82) is 0 Å². The van der Waals surface area contributed by atoms with Gasteiger partial charge in [0, 0.05) is 0 Å². The van der Waals surface area contributed by atoms with Gasteiger partial charge in [-0.25, -0.2) is 9.59 Å². The number of carboxylic acids is 2. The molecule has 0 radical (unpaired) electrons. The van der Waals surface area contributed by atoms with Gasteiger partial charge in [-0.2, -0.15) is 10.0 Å². The summed E-state index contributed by atoms with van der Waals surface area (Å²) in [5.74, 6) is -2.72. The summed E-state index contributed by atoms with van der Waals surface area (Å²) in [5.41, 5.74) is 0. The average molecular weight is 320 g/mol. The third kappa shape index (κ3) is 7.31. The number of urea groups is 2. The molecular formula is C8H12N6O8. The molecule has 0 atom stereocenters. The lowest BCUT2D eigenvalue weighted by molar-refractivity contribution is -0.136. The smallest absolute Gasteiger partial charge is 0.340 e. The van der Waals surface area contributed by atoms with Crippen LogP contribution in [0.1, 0.15) is 0 Å². The van der Waals surface area contributed by atoms with Crippen LogP contribution in [0.4, 0.5) is 9.59 Å². The number of amides is 4. The van der Waals surface area contributed by atoms with Gasteiger partial charge in [-0.05, 0) is 0 Å². The Kier molecular flexibility index (Phi) is 8.12. The third-order valence-corrected chi connectivity index (χ3v) is 1.97. The molecule has 0 heterocycles. The van der Waals surface area contributed by atoms with Crippen molar-refractivity contribution in [3.05, 3.63) is 9.81 Å². The molecule has 0 aromatic rings. The second-order valence-electron chi connectivity index (χ2n) is 3.51. The van der Waals surface area contributed by atoms with E-state index < -0.39 is 50.2 Å². The Morgan fingerprint density at radius 3 is 1.32 bits per heavy atom. The number of carbonyl (C=O) groups is 4. The highest BCUT2D eigenvalue weighted by atomic mass is 16.4. The van der Waals surface area contributed by atoms with E-state index >= 15 is 0 Å². The first kappa shape index (κ1) is 18.7. The Balaban J connectivity index is 4.43. The maximum Gasteiger partial charge on any atom is 0.340 e. The normalized spacial score (nSPS) is 9.27. The van der Waals surface area contributed by atoms with Crippen LogP contribution in [0.15, 0.2) is 10.6 Å². The van der Waals surface area contributed by atoms with Gasteiger partial charge >= 0.3 is 24.0 Å². The van der Waals surface area contributed by atoms with Gasteiger partial charge < -0.3 is 20.8 Å². The molecule has 4 N–H and O–H groups in total. The molecule has 0 aromatic heterocycles. The van der Waals surface area contributed by atoms with Gasteiger partial charge in [-0.15, -0.1) is 9.81 Å². The van der Waals surface area contributed by atoms with Crippen molar-refractivity contribution < 1.29 is 29.4 Å². The molecule has 4 amide bonds. The average Bonchev–Trinajstić information content (AvgIpc) is 2.46. The molecule has 0 aliphatic rings. The topological polar surface area (TPSA) is 198 Å². The SMILES string of the molecule is O=NN(CCN(N=O)C(=O)NCC(=O)O)C(=O)NCC(=O)O. The summed E-state index contributed by atoms with van der Waals surface area (Å²) in [5, 5.41) is 25.4. The number of aliphatic carboxylic acids is 2. The van der Waals surface area contributed by atoms with Gasteiger partial charge in [0.15, 0.2) is 0 Å². The number of nitrogens with one attached hydrogen (secondary N) is 2. The van der Waals surface area contributed by atoms with Gasteiger partial charge in [-0.1, -0.05) is 0 Å². The summed E-state index contributed by atoms with van der Waals surface area (Å²) >= 11 is 0. The number of carbonyl (C=O) groups excluding carboxylic acids is 2. The molecule has 0 saturated carbocycles. The minimum absolute atomic E-state index is 0.228. The number of carboxylic acid groups (broad SMARTS) is 2. The monoisotopic (exact) mass is 320 g/mol. The van der Waals surface area contributed by atoms with E-state index in [4.69, 9.17) is 10.2 Å². The predicted octanol–water partition coefficient (Wildman–Crippen LogP) is -1.46. The fourth-order valence-electron chi connectivity index (χ4n) is 1.03. The van der Waals surface area contributed by atoms with Crippen LogP contribution in [0.3, 0.4) is 0 Å². The Morgan fingerprint density at radius 2 is 1.09 bits per heavy atom. The fourth-order valence-corrected chi connectivity index (χ4v) is 1.03. The Hall–Kier alpha value is -3.32. The first-order valence-corrected chi connectivity index (χ1v) is 5.52. The second-order valence-corrected chi connectivity index (χ2v) is 3.51. The fraction of sp³-hybridized carbons (Fsp3) is 0.500. The van der Waals surface area contributed by atoms with Gasteiger partial charge in [0.2, 0.25) is 0 Å². The summed E-state index contributed by atoms with van der Waals surface area (Å²) in [6.45, 7) is -2.67. The van der Waals surface area contributed by atoms with Crippen molar-refractivity contribution in [1.82, 2.24) is 20.7 Å². The first-order valence-electron chi connectivity index (χ1n) is 5.52. The third-order valence-electron chi connectivity index (χ3n) is 1.97. The minimum atomic E-state index is -1.36. The van der Waals surface area contributed by atoms with E-state index in [9.17, 15) is 29.0 Å². The van der Waals surface area contributed by atoms with E-state index in [2.05, 4.69) is 10.6 Å². The van der Waals surface area contributed by atoms with Crippen LogP contribution in [0, 0.1) is 9.81 Å². The first-order chi connectivity index (χ1) is 10.3.